The fourth-order valence-electron chi connectivity index (χ4n) is 1.94. The predicted octanol–water partition coefficient (Wildman–Crippen LogP) is 0.0182. The predicted molar refractivity (Wildman–Crippen MR) is 73.0 cm³/mol. The van der Waals surface area contributed by atoms with E-state index in [1.165, 1.54) is 20.3 Å². The number of carboxylic acids is 1. The molecular weight excluding hydrogens is 300 g/mol. The van der Waals surface area contributed by atoms with Crippen molar-refractivity contribution in [1.29, 1.82) is 0 Å². The third kappa shape index (κ3) is 3.60. The first-order chi connectivity index (χ1) is 9.63. The fraction of sp³-hybridized carbons (Fsp3) is 0.583. The van der Waals surface area contributed by atoms with Gasteiger partial charge in [-0.2, -0.15) is 8.42 Å². The highest BCUT2D eigenvalue weighted by molar-refractivity contribution is 7.84. The molecule has 0 aromatic carbocycles. The van der Waals surface area contributed by atoms with Crippen LogP contribution in [0.4, 0.5) is 0 Å². The van der Waals surface area contributed by atoms with Gasteiger partial charge in [0.15, 0.2) is 5.92 Å². The zero-order valence-corrected chi connectivity index (χ0v) is 13.3. The van der Waals surface area contributed by atoms with Gasteiger partial charge in [0, 0.05) is 0 Å². The Balaban J connectivity index is 3.79. The summed E-state index contributed by atoms with van der Waals surface area (Å²) in [7, 11) is -1.17. The molecule has 9 heteroatoms. The van der Waals surface area contributed by atoms with Crippen molar-refractivity contribution >= 4 is 16.0 Å². The Morgan fingerprint density at radius 2 is 1.90 bits per heavy atom. The van der Waals surface area contributed by atoms with Crippen molar-refractivity contribution < 1.29 is 31.8 Å². The van der Waals surface area contributed by atoms with Gasteiger partial charge in [0.1, 0.15) is 6.07 Å². The first kappa shape index (κ1) is 17.2. The van der Waals surface area contributed by atoms with Crippen molar-refractivity contribution in [3.63, 3.8) is 0 Å². The first-order valence-corrected chi connectivity index (χ1v) is 7.96. The lowest BCUT2D eigenvalue weighted by molar-refractivity contribution is -0.535. The van der Waals surface area contributed by atoms with E-state index in [1.807, 2.05) is 0 Å². The van der Waals surface area contributed by atoms with Crippen molar-refractivity contribution in [3.05, 3.63) is 11.9 Å². The van der Waals surface area contributed by atoms with Crippen LogP contribution in [0.1, 0.15) is 25.6 Å². The molecule has 0 spiro atoms. The van der Waals surface area contributed by atoms with E-state index in [-0.39, 0.29) is 23.5 Å². The van der Waals surface area contributed by atoms with Gasteiger partial charge in [0.2, 0.25) is 0 Å². The molecule has 0 radical (unpaired) electrons. The van der Waals surface area contributed by atoms with Crippen molar-refractivity contribution in [2.45, 2.75) is 19.8 Å². The number of aromatic nitrogens is 2. The average molecular weight is 319 g/mol. The zero-order valence-electron chi connectivity index (χ0n) is 12.5. The van der Waals surface area contributed by atoms with E-state index in [2.05, 4.69) is 4.98 Å². The summed E-state index contributed by atoms with van der Waals surface area (Å²) < 4.78 is 34.8. The molecule has 1 rings (SSSR count). The van der Waals surface area contributed by atoms with Crippen molar-refractivity contribution in [2.24, 2.45) is 5.92 Å². The molecule has 8 nitrogen and oxygen atoms in total. The third-order valence-electron chi connectivity index (χ3n) is 2.84. The van der Waals surface area contributed by atoms with Crippen LogP contribution in [0.5, 0.6) is 11.8 Å². The quantitative estimate of drug-likeness (QED) is 0.736. The second-order valence-electron chi connectivity index (χ2n) is 4.79. The van der Waals surface area contributed by atoms with Gasteiger partial charge in [-0.1, -0.05) is 17.8 Å². The smallest absolute Gasteiger partial charge is 0.335 e. The molecule has 21 heavy (non-hydrogen) atoms. The monoisotopic (exact) mass is 319 g/mol. The van der Waals surface area contributed by atoms with Gasteiger partial charge < -0.3 is 14.6 Å². The summed E-state index contributed by atoms with van der Waals surface area (Å²) >= 11 is 0. The molecule has 0 saturated carbocycles. The minimum Gasteiger partial charge on any atom is -0.481 e. The molecule has 0 aliphatic heterocycles. The molecule has 1 aromatic rings. The zero-order chi connectivity index (χ0) is 16.4. The van der Waals surface area contributed by atoms with Gasteiger partial charge >= 0.3 is 33.6 Å². The van der Waals surface area contributed by atoms with Crippen LogP contribution in [0.2, 0.25) is 0 Å². The van der Waals surface area contributed by atoms with Crippen LogP contribution < -0.4 is 13.4 Å². The maximum absolute atomic E-state index is 12.0. The molecule has 118 valence electrons. The highest BCUT2D eigenvalue weighted by atomic mass is 32.2. The van der Waals surface area contributed by atoms with E-state index in [9.17, 15) is 18.3 Å². The molecule has 1 heterocycles. The standard InChI is InChI=1S/C12H18N2O6S/c1-7(2)10(12(15)16)11-13-8(19-3)6-9(20-4)14(11)21(5,17)18/h6-7,10H,1-5H3/p+1. The lowest BCUT2D eigenvalue weighted by Gasteiger charge is -2.15. The van der Waals surface area contributed by atoms with E-state index in [0.29, 0.717) is 0 Å². The topological polar surface area (TPSA) is 107 Å². The van der Waals surface area contributed by atoms with Crippen LogP contribution in [0.15, 0.2) is 6.07 Å². The second kappa shape index (κ2) is 6.25. The van der Waals surface area contributed by atoms with Gasteiger partial charge in [-0.05, 0) is 10.9 Å². The van der Waals surface area contributed by atoms with Crippen LogP contribution in [0.25, 0.3) is 0 Å². The molecule has 0 amide bonds. The van der Waals surface area contributed by atoms with Gasteiger partial charge in [0.05, 0.1) is 20.5 Å². The summed E-state index contributed by atoms with van der Waals surface area (Å²) in [5.74, 6) is -2.81. The number of aliphatic carboxylic acids is 1. The van der Waals surface area contributed by atoms with Gasteiger partial charge in [-0.25, -0.2) is 0 Å². The average Bonchev–Trinajstić information content (AvgIpc) is 2.35. The van der Waals surface area contributed by atoms with Crippen LogP contribution in [-0.2, 0) is 14.8 Å². The lowest BCUT2D eigenvalue weighted by atomic mass is 9.95. The minimum absolute atomic E-state index is 0.0637. The molecule has 0 aliphatic rings. The van der Waals surface area contributed by atoms with Gasteiger partial charge in [-0.15, -0.1) is 0 Å². The summed E-state index contributed by atoms with van der Waals surface area (Å²) in [6.45, 7) is 3.33. The van der Waals surface area contributed by atoms with Crippen LogP contribution in [-0.4, -0.2) is 45.0 Å². The molecule has 0 aliphatic carbocycles. The number of carbonyl (C=O) groups is 1. The van der Waals surface area contributed by atoms with E-state index < -0.39 is 21.9 Å². The number of rotatable bonds is 6. The number of carboxylic acid groups (broad SMARTS) is 1. The van der Waals surface area contributed by atoms with Crippen molar-refractivity contribution in [2.75, 3.05) is 20.5 Å². The molecular formula is C12H19N2O6S+. The number of nitrogens with zero attached hydrogens (tertiary/aromatic N) is 2. The molecule has 1 atom stereocenters. The van der Waals surface area contributed by atoms with Crippen molar-refractivity contribution in [3.8, 4) is 11.8 Å². The van der Waals surface area contributed by atoms with E-state index in [0.717, 1.165) is 10.2 Å². The Hall–Kier alpha value is -1.90. The molecule has 1 aromatic heterocycles. The SMILES string of the molecule is COc1cc(OC)[n+](S(C)(=O)=O)c(C(C(=O)O)C(C)C)n1. The Morgan fingerprint density at radius 1 is 1.33 bits per heavy atom. The lowest BCUT2D eigenvalue weighted by Crippen LogP contribution is -2.50. The van der Waals surface area contributed by atoms with Gasteiger partial charge in [-0.3, -0.25) is 4.79 Å². The fourth-order valence-corrected chi connectivity index (χ4v) is 2.89. The highest BCUT2D eigenvalue weighted by Gasteiger charge is 2.40. The molecule has 0 saturated heterocycles. The highest BCUT2D eigenvalue weighted by Crippen LogP contribution is 2.25. The van der Waals surface area contributed by atoms with E-state index in [4.69, 9.17) is 9.47 Å². The minimum atomic E-state index is -3.80. The Bertz CT molecular complexity index is 641. The molecule has 0 fully saturated rings. The summed E-state index contributed by atoms with van der Waals surface area (Å²) in [5.41, 5.74) is 0. The summed E-state index contributed by atoms with van der Waals surface area (Å²) in [5, 5.41) is 9.38. The molecule has 1 N–H and O–H groups in total. The van der Waals surface area contributed by atoms with E-state index >= 15 is 0 Å². The largest absolute Gasteiger partial charge is 0.481 e. The maximum atomic E-state index is 12.0. The molecule has 1 unspecified atom stereocenters. The summed E-state index contributed by atoms with van der Waals surface area (Å²) in [6.07, 6.45) is 0.951. The number of hydrogen-bond acceptors (Lipinski definition) is 6. The summed E-state index contributed by atoms with van der Waals surface area (Å²) in [6, 6.07) is 1.28. The Labute approximate surface area is 123 Å². The third-order valence-corrected chi connectivity index (χ3v) is 3.87. The van der Waals surface area contributed by atoms with Crippen LogP contribution in [0, 0.1) is 5.92 Å². The number of methoxy groups -OCH3 is 2. The van der Waals surface area contributed by atoms with Crippen molar-refractivity contribution in [1.82, 2.24) is 4.98 Å². The maximum Gasteiger partial charge on any atom is 0.335 e. The van der Waals surface area contributed by atoms with Crippen LogP contribution >= 0.6 is 0 Å². The Morgan fingerprint density at radius 3 is 2.24 bits per heavy atom. The normalized spacial score (nSPS) is 13.0. The van der Waals surface area contributed by atoms with Gasteiger partial charge in [0.25, 0.3) is 0 Å². The second-order valence-corrected chi connectivity index (χ2v) is 6.62. The molecule has 0 bridgehead atoms. The van der Waals surface area contributed by atoms with Crippen LogP contribution in [0.3, 0.4) is 0 Å². The first-order valence-electron chi connectivity index (χ1n) is 6.11. The Kier molecular flexibility index (Phi) is 5.10. The number of hydrogen-bond donors (Lipinski definition) is 1. The summed E-state index contributed by atoms with van der Waals surface area (Å²) in [4.78, 5) is 15.5. The van der Waals surface area contributed by atoms with E-state index in [1.54, 1.807) is 13.8 Å². The number of ether oxygens (including phenoxy) is 2.